The lowest BCUT2D eigenvalue weighted by molar-refractivity contribution is 0.0946. The second-order valence-electron chi connectivity index (χ2n) is 4.18. The maximum absolute atomic E-state index is 12.0. The molecule has 0 aliphatic carbocycles. The number of nitrogens with two attached hydrogens (primary N) is 1. The molecule has 0 bridgehead atoms. The largest absolute Gasteiger partial charge is 0.497 e. The van der Waals surface area contributed by atoms with Crippen LogP contribution in [0.2, 0.25) is 0 Å². The quantitative estimate of drug-likeness (QED) is 0.663. The van der Waals surface area contributed by atoms with Crippen LogP contribution >= 0.6 is 0 Å². The van der Waals surface area contributed by atoms with E-state index in [1.54, 1.807) is 19.1 Å². The highest BCUT2D eigenvalue weighted by Gasteiger charge is 2.15. The average molecular weight is 268 g/mol. The molecule has 1 rings (SSSR count). The number of aliphatic hydroxyl groups is 1. The third kappa shape index (κ3) is 4.03. The van der Waals surface area contributed by atoms with Gasteiger partial charge in [-0.3, -0.25) is 4.79 Å². The van der Waals surface area contributed by atoms with Gasteiger partial charge >= 0.3 is 0 Å². The van der Waals surface area contributed by atoms with Gasteiger partial charge in [0.05, 0.1) is 31.6 Å². The summed E-state index contributed by atoms with van der Waals surface area (Å²) >= 11 is 0. The number of methoxy groups -OCH3 is 2. The lowest BCUT2D eigenvalue weighted by Gasteiger charge is -2.13. The van der Waals surface area contributed by atoms with E-state index in [9.17, 15) is 4.79 Å². The molecule has 1 amide bonds. The summed E-state index contributed by atoms with van der Waals surface area (Å²) < 4.78 is 10.2. The molecule has 1 aromatic carbocycles. The van der Waals surface area contributed by atoms with Gasteiger partial charge in [0.1, 0.15) is 11.5 Å². The van der Waals surface area contributed by atoms with Crippen molar-refractivity contribution in [2.75, 3.05) is 26.5 Å². The summed E-state index contributed by atoms with van der Waals surface area (Å²) in [7, 11) is 2.97. The van der Waals surface area contributed by atoms with Crippen LogP contribution in [-0.4, -0.2) is 37.9 Å². The van der Waals surface area contributed by atoms with Crippen LogP contribution in [0.5, 0.6) is 11.5 Å². The zero-order chi connectivity index (χ0) is 14.4. The van der Waals surface area contributed by atoms with Gasteiger partial charge < -0.3 is 25.6 Å². The summed E-state index contributed by atoms with van der Waals surface area (Å²) in [5.41, 5.74) is 6.41. The molecular weight excluding hydrogens is 248 g/mol. The maximum atomic E-state index is 12.0. The Labute approximate surface area is 112 Å². The van der Waals surface area contributed by atoms with Crippen LogP contribution in [0.1, 0.15) is 23.7 Å². The summed E-state index contributed by atoms with van der Waals surface area (Å²) in [6.45, 7) is 2.03. The lowest BCUT2D eigenvalue weighted by Crippen LogP contribution is -2.27. The molecule has 0 aliphatic heterocycles. The number of nitrogen functional groups attached to an aromatic ring is 1. The van der Waals surface area contributed by atoms with E-state index in [1.807, 2.05) is 0 Å². The standard InChI is InChI=1S/C13H20N2O4/c1-8(16)4-5-15-13(17)10-6-9(18-2)7-11(19-3)12(10)14/h6-8,16H,4-5,14H2,1-3H3,(H,15,17). The molecule has 0 spiro atoms. The van der Waals surface area contributed by atoms with Crippen LogP contribution in [0.4, 0.5) is 5.69 Å². The molecule has 6 nitrogen and oxygen atoms in total. The average Bonchev–Trinajstić information content (AvgIpc) is 2.38. The number of ether oxygens (including phenoxy) is 2. The molecule has 1 unspecified atom stereocenters. The molecule has 0 aliphatic rings. The van der Waals surface area contributed by atoms with Crippen molar-refractivity contribution in [3.05, 3.63) is 17.7 Å². The Balaban J connectivity index is 2.89. The highest BCUT2D eigenvalue weighted by molar-refractivity contribution is 6.00. The van der Waals surface area contributed by atoms with Crippen molar-refractivity contribution in [3.8, 4) is 11.5 Å². The Morgan fingerprint density at radius 3 is 2.63 bits per heavy atom. The molecule has 0 aromatic heterocycles. The van der Waals surface area contributed by atoms with E-state index in [0.717, 1.165) is 0 Å². The number of nitrogens with one attached hydrogen (secondary N) is 1. The van der Waals surface area contributed by atoms with Crippen LogP contribution in [0.3, 0.4) is 0 Å². The third-order valence-electron chi connectivity index (χ3n) is 2.66. The molecule has 0 heterocycles. The van der Waals surface area contributed by atoms with E-state index in [-0.39, 0.29) is 11.6 Å². The molecule has 0 radical (unpaired) electrons. The SMILES string of the molecule is COc1cc(OC)c(N)c(C(=O)NCCC(C)O)c1. The second-order valence-corrected chi connectivity index (χ2v) is 4.18. The fourth-order valence-electron chi connectivity index (χ4n) is 1.57. The van der Waals surface area contributed by atoms with Crippen molar-refractivity contribution in [3.63, 3.8) is 0 Å². The van der Waals surface area contributed by atoms with Crippen molar-refractivity contribution < 1.29 is 19.4 Å². The van der Waals surface area contributed by atoms with Gasteiger partial charge in [0.25, 0.3) is 5.91 Å². The monoisotopic (exact) mass is 268 g/mol. The molecule has 6 heteroatoms. The van der Waals surface area contributed by atoms with Crippen molar-refractivity contribution >= 4 is 11.6 Å². The summed E-state index contributed by atoms with van der Waals surface area (Å²) in [4.78, 5) is 12.0. The first-order valence-corrected chi connectivity index (χ1v) is 5.97. The fourth-order valence-corrected chi connectivity index (χ4v) is 1.57. The van der Waals surface area contributed by atoms with Gasteiger partial charge in [-0.2, -0.15) is 0 Å². The number of hydrogen-bond donors (Lipinski definition) is 3. The van der Waals surface area contributed by atoms with Gasteiger partial charge in [-0.1, -0.05) is 0 Å². The number of hydrogen-bond acceptors (Lipinski definition) is 5. The smallest absolute Gasteiger partial charge is 0.253 e. The first-order chi connectivity index (χ1) is 8.99. The van der Waals surface area contributed by atoms with Crippen LogP contribution in [0.15, 0.2) is 12.1 Å². The molecule has 1 aromatic rings. The van der Waals surface area contributed by atoms with Crippen LogP contribution < -0.4 is 20.5 Å². The molecule has 0 saturated heterocycles. The first-order valence-electron chi connectivity index (χ1n) is 5.97. The van der Waals surface area contributed by atoms with Crippen LogP contribution in [-0.2, 0) is 0 Å². The zero-order valence-corrected chi connectivity index (χ0v) is 11.4. The topological polar surface area (TPSA) is 93.8 Å². The van der Waals surface area contributed by atoms with Crippen molar-refractivity contribution in [2.45, 2.75) is 19.4 Å². The van der Waals surface area contributed by atoms with Gasteiger partial charge in [0.15, 0.2) is 0 Å². The van der Waals surface area contributed by atoms with Gasteiger partial charge in [0.2, 0.25) is 0 Å². The minimum absolute atomic E-state index is 0.262. The Kier molecular flexibility index (Phi) is 5.44. The molecular formula is C13H20N2O4. The lowest BCUT2D eigenvalue weighted by atomic mass is 10.1. The highest BCUT2D eigenvalue weighted by Crippen LogP contribution is 2.30. The van der Waals surface area contributed by atoms with Crippen molar-refractivity contribution in [1.29, 1.82) is 0 Å². The van der Waals surface area contributed by atoms with Crippen LogP contribution in [0, 0.1) is 0 Å². The van der Waals surface area contributed by atoms with E-state index in [0.29, 0.717) is 30.0 Å². The summed E-state index contributed by atoms with van der Waals surface area (Å²) in [5.74, 6) is 0.558. The number of benzene rings is 1. The third-order valence-corrected chi connectivity index (χ3v) is 2.66. The second kappa shape index (κ2) is 6.84. The number of anilines is 1. The van der Waals surface area contributed by atoms with Gasteiger partial charge in [0, 0.05) is 12.6 Å². The minimum Gasteiger partial charge on any atom is -0.497 e. The van der Waals surface area contributed by atoms with Gasteiger partial charge in [-0.15, -0.1) is 0 Å². The Bertz CT molecular complexity index is 447. The van der Waals surface area contributed by atoms with Crippen molar-refractivity contribution in [2.24, 2.45) is 0 Å². The van der Waals surface area contributed by atoms with Crippen molar-refractivity contribution in [1.82, 2.24) is 5.32 Å². The van der Waals surface area contributed by atoms with E-state index >= 15 is 0 Å². The van der Waals surface area contributed by atoms with E-state index in [1.165, 1.54) is 14.2 Å². The fraction of sp³-hybridized carbons (Fsp3) is 0.462. The first kappa shape index (κ1) is 15.1. The summed E-state index contributed by atoms with van der Waals surface area (Å²) in [5, 5.41) is 11.8. The van der Waals surface area contributed by atoms with E-state index < -0.39 is 6.10 Å². The zero-order valence-electron chi connectivity index (χ0n) is 11.4. The normalized spacial score (nSPS) is 11.8. The number of carbonyl (C=O) groups excluding carboxylic acids is 1. The van der Waals surface area contributed by atoms with Gasteiger partial charge in [-0.25, -0.2) is 0 Å². The molecule has 0 saturated carbocycles. The van der Waals surface area contributed by atoms with E-state index in [4.69, 9.17) is 20.3 Å². The Morgan fingerprint density at radius 1 is 1.42 bits per heavy atom. The van der Waals surface area contributed by atoms with Gasteiger partial charge in [-0.05, 0) is 19.4 Å². The molecule has 0 fully saturated rings. The predicted octanol–water partition coefficient (Wildman–Crippen LogP) is 0.787. The minimum atomic E-state index is -0.461. The summed E-state index contributed by atoms with van der Waals surface area (Å²) in [6, 6.07) is 3.16. The molecule has 1 atom stereocenters. The predicted molar refractivity (Wildman–Crippen MR) is 72.6 cm³/mol. The number of rotatable bonds is 6. The maximum Gasteiger partial charge on any atom is 0.253 e. The Morgan fingerprint density at radius 2 is 2.11 bits per heavy atom. The summed E-state index contributed by atoms with van der Waals surface area (Å²) in [6.07, 6.45) is 0.0183. The molecule has 106 valence electrons. The van der Waals surface area contributed by atoms with E-state index in [2.05, 4.69) is 5.32 Å². The number of amides is 1. The Hall–Kier alpha value is -1.95. The molecule has 19 heavy (non-hydrogen) atoms. The highest BCUT2D eigenvalue weighted by atomic mass is 16.5. The number of carbonyl (C=O) groups is 1. The number of aliphatic hydroxyl groups excluding tert-OH is 1. The van der Waals surface area contributed by atoms with Crippen LogP contribution in [0.25, 0.3) is 0 Å². The molecule has 4 N–H and O–H groups in total.